The minimum atomic E-state index is -0.173. The van der Waals surface area contributed by atoms with Crippen LogP contribution in [0.2, 0.25) is 4.34 Å². The molecule has 90 valence electrons. The Morgan fingerprint density at radius 2 is 1.94 bits per heavy atom. The zero-order valence-corrected chi connectivity index (χ0v) is 14.3. The first kappa shape index (κ1) is 13.9. The number of aryl methyl sites for hydroxylation is 1. The van der Waals surface area contributed by atoms with Crippen LogP contribution in [-0.4, -0.2) is 0 Å². The second-order valence-corrected chi connectivity index (χ2v) is 7.53. The van der Waals surface area contributed by atoms with E-state index in [9.17, 15) is 0 Å². The van der Waals surface area contributed by atoms with Gasteiger partial charge in [-0.1, -0.05) is 49.5 Å². The van der Waals surface area contributed by atoms with Crippen LogP contribution in [0.5, 0.6) is 0 Å². The molecular formula is C12H8Br2Cl2S. The maximum absolute atomic E-state index is 6.48. The number of alkyl halides is 1. The van der Waals surface area contributed by atoms with Crippen LogP contribution in [0, 0.1) is 6.92 Å². The Labute approximate surface area is 131 Å². The van der Waals surface area contributed by atoms with Crippen molar-refractivity contribution >= 4 is 66.4 Å². The average molecular weight is 415 g/mol. The normalized spacial score (nSPS) is 12.8. The van der Waals surface area contributed by atoms with Gasteiger partial charge in [0.1, 0.15) is 0 Å². The number of halogens is 4. The van der Waals surface area contributed by atoms with Crippen LogP contribution in [0.1, 0.15) is 21.4 Å². The Balaban J connectivity index is 2.39. The fourth-order valence-electron chi connectivity index (χ4n) is 1.47. The lowest BCUT2D eigenvalue weighted by atomic mass is 10.1. The molecule has 0 aliphatic rings. The van der Waals surface area contributed by atoms with Gasteiger partial charge in [-0.25, -0.2) is 0 Å². The van der Waals surface area contributed by atoms with Crippen LogP contribution in [-0.2, 0) is 0 Å². The highest BCUT2D eigenvalue weighted by Crippen LogP contribution is 2.40. The van der Waals surface area contributed by atoms with Crippen molar-refractivity contribution in [2.24, 2.45) is 0 Å². The summed E-state index contributed by atoms with van der Waals surface area (Å²) in [5.41, 5.74) is 2.12. The summed E-state index contributed by atoms with van der Waals surface area (Å²) in [6.45, 7) is 1.99. The predicted molar refractivity (Wildman–Crippen MR) is 83.6 cm³/mol. The van der Waals surface area contributed by atoms with Gasteiger partial charge < -0.3 is 0 Å². The zero-order valence-electron chi connectivity index (χ0n) is 8.81. The maximum Gasteiger partial charge on any atom is 0.0960 e. The molecule has 5 heteroatoms. The van der Waals surface area contributed by atoms with E-state index in [2.05, 4.69) is 31.9 Å². The van der Waals surface area contributed by atoms with Crippen LogP contribution in [0.25, 0.3) is 0 Å². The molecule has 1 atom stereocenters. The van der Waals surface area contributed by atoms with Crippen molar-refractivity contribution in [3.63, 3.8) is 0 Å². The molecule has 2 rings (SSSR count). The van der Waals surface area contributed by atoms with E-state index in [-0.39, 0.29) is 5.38 Å². The first-order valence-electron chi connectivity index (χ1n) is 4.84. The Morgan fingerprint density at radius 3 is 2.47 bits per heavy atom. The van der Waals surface area contributed by atoms with Crippen molar-refractivity contribution in [3.05, 3.63) is 53.6 Å². The molecular weight excluding hydrogens is 407 g/mol. The third-order valence-electron chi connectivity index (χ3n) is 2.36. The Bertz CT molecular complexity index is 532. The molecule has 2 aromatic rings. The second-order valence-electron chi connectivity index (χ2n) is 3.63. The summed E-state index contributed by atoms with van der Waals surface area (Å²) >= 11 is 21.0. The second kappa shape index (κ2) is 5.62. The molecule has 0 aliphatic heterocycles. The van der Waals surface area contributed by atoms with E-state index in [1.165, 1.54) is 11.3 Å². The number of benzene rings is 1. The van der Waals surface area contributed by atoms with Gasteiger partial charge in [-0.3, -0.25) is 0 Å². The van der Waals surface area contributed by atoms with Gasteiger partial charge in [-0.05, 0) is 36.2 Å². The molecule has 0 nitrogen and oxygen atoms in total. The largest absolute Gasteiger partial charge is 0.126 e. The van der Waals surface area contributed by atoms with Gasteiger partial charge in [0.25, 0.3) is 0 Å². The number of hydrogen-bond donors (Lipinski definition) is 0. The Hall–Kier alpha value is 0.460. The van der Waals surface area contributed by atoms with E-state index in [1.54, 1.807) is 0 Å². The van der Waals surface area contributed by atoms with Crippen molar-refractivity contribution < 1.29 is 0 Å². The lowest BCUT2D eigenvalue weighted by molar-refractivity contribution is 1.16. The average Bonchev–Trinajstić information content (AvgIpc) is 2.58. The number of rotatable bonds is 2. The highest BCUT2D eigenvalue weighted by molar-refractivity contribution is 9.11. The van der Waals surface area contributed by atoms with Gasteiger partial charge in [-0.2, -0.15) is 0 Å². The smallest absolute Gasteiger partial charge is 0.0960 e. The molecule has 1 aromatic heterocycles. The summed E-state index contributed by atoms with van der Waals surface area (Å²) in [5.74, 6) is 0. The Morgan fingerprint density at radius 1 is 1.24 bits per heavy atom. The zero-order chi connectivity index (χ0) is 12.6. The molecule has 1 unspecified atom stereocenters. The molecule has 0 aliphatic carbocycles. The van der Waals surface area contributed by atoms with Crippen LogP contribution in [0.3, 0.4) is 0 Å². The van der Waals surface area contributed by atoms with Gasteiger partial charge in [0.2, 0.25) is 0 Å². The molecule has 1 aromatic carbocycles. The molecule has 0 spiro atoms. The van der Waals surface area contributed by atoms with E-state index in [0.29, 0.717) is 0 Å². The lowest BCUT2D eigenvalue weighted by Gasteiger charge is -2.10. The fraction of sp³-hybridized carbons (Fsp3) is 0.167. The monoisotopic (exact) mass is 412 g/mol. The minimum Gasteiger partial charge on any atom is -0.126 e. The molecule has 0 saturated heterocycles. The quantitative estimate of drug-likeness (QED) is 0.488. The third kappa shape index (κ3) is 3.07. The summed E-state index contributed by atoms with van der Waals surface area (Å²) in [4.78, 5) is 1.07. The fourth-order valence-corrected chi connectivity index (χ4v) is 4.48. The predicted octanol–water partition coefficient (Wildman–Crippen LogP) is 6.56. The number of thiophene rings is 1. The van der Waals surface area contributed by atoms with Gasteiger partial charge in [0.15, 0.2) is 0 Å². The van der Waals surface area contributed by atoms with Crippen molar-refractivity contribution in [1.82, 2.24) is 0 Å². The van der Waals surface area contributed by atoms with Crippen molar-refractivity contribution in [2.75, 3.05) is 0 Å². The van der Waals surface area contributed by atoms with Crippen LogP contribution in [0.15, 0.2) is 33.2 Å². The van der Waals surface area contributed by atoms with E-state index in [0.717, 1.165) is 29.3 Å². The van der Waals surface area contributed by atoms with Crippen LogP contribution >= 0.6 is 66.4 Å². The first-order chi connectivity index (χ1) is 7.99. The van der Waals surface area contributed by atoms with Gasteiger partial charge in [-0.15, -0.1) is 22.9 Å². The summed E-state index contributed by atoms with van der Waals surface area (Å²) in [6.07, 6.45) is 0. The van der Waals surface area contributed by atoms with E-state index >= 15 is 0 Å². The summed E-state index contributed by atoms with van der Waals surface area (Å²) in [6, 6.07) is 8.03. The Kier molecular flexibility index (Phi) is 4.59. The highest BCUT2D eigenvalue weighted by Gasteiger charge is 2.17. The highest BCUT2D eigenvalue weighted by atomic mass is 79.9. The van der Waals surface area contributed by atoms with Crippen LogP contribution < -0.4 is 0 Å². The maximum atomic E-state index is 6.48. The van der Waals surface area contributed by atoms with Crippen molar-refractivity contribution in [1.29, 1.82) is 0 Å². The number of hydrogen-bond acceptors (Lipinski definition) is 1. The van der Waals surface area contributed by atoms with Crippen LogP contribution in [0.4, 0.5) is 0 Å². The molecule has 1 heterocycles. The topological polar surface area (TPSA) is 0 Å². The standard InChI is InChI=1S/C12H8Br2Cl2S/c1-6-4-10(17-12(6)16)11(15)8-3-2-7(13)5-9(8)14/h2-5,11H,1H3. The van der Waals surface area contributed by atoms with Gasteiger partial charge >= 0.3 is 0 Å². The first-order valence-corrected chi connectivity index (χ1v) is 8.05. The third-order valence-corrected chi connectivity index (χ3v) is 5.76. The summed E-state index contributed by atoms with van der Waals surface area (Å²) in [7, 11) is 0. The SMILES string of the molecule is Cc1cc(C(Cl)c2ccc(Br)cc2Br)sc1Cl. The van der Waals surface area contributed by atoms with Gasteiger partial charge in [0.05, 0.1) is 9.71 Å². The summed E-state index contributed by atoms with van der Waals surface area (Å²) < 4.78 is 2.82. The van der Waals surface area contributed by atoms with E-state index in [4.69, 9.17) is 23.2 Å². The molecule has 0 bridgehead atoms. The van der Waals surface area contributed by atoms with E-state index < -0.39 is 0 Å². The molecule has 0 fully saturated rings. The van der Waals surface area contributed by atoms with Gasteiger partial charge in [0, 0.05) is 13.8 Å². The molecule has 0 N–H and O–H groups in total. The summed E-state index contributed by atoms with van der Waals surface area (Å²) in [5, 5.41) is -0.173. The van der Waals surface area contributed by atoms with E-state index in [1.807, 2.05) is 31.2 Å². The molecule has 17 heavy (non-hydrogen) atoms. The van der Waals surface area contributed by atoms with Crippen molar-refractivity contribution in [2.45, 2.75) is 12.3 Å². The minimum absolute atomic E-state index is 0.173. The lowest BCUT2D eigenvalue weighted by Crippen LogP contribution is -1.91. The molecule has 0 saturated carbocycles. The van der Waals surface area contributed by atoms with Crippen molar-refractivity contribution in [3.8, 4) is 0 Å². The molecule has 0 radical (unpaired) electrons. The molecule has 0 amide bonds.